The molecular weight excluding hydrogens is 613 g/mol. The van der Waals surface area contributed by atoms with Crippen molar-refractivity contribution in [2.75, 3.05) is 0 Å². The second-order valence-corrected chi connectivity index (χ2v) is 12.5. The van der Waals surface area contributed by atoms with Crippen LogP contribution in [0.4, 0.5) is 0 Å². The van der Waals surface area contributed by atoms with E-state index in [-0.39, 0.29) is 0 Å². The minimum Gasteiger partial charge on any atom is -0.456 e. The fraction of sp³-hybridized carbons (Fsp3) is 0. The summed E-state index contributed by atoms with van der Waals surface area (Å²) in [5, 5.41) is 4.44. The van der Waals surface area contributed by atoms with Gasteiger partial charge in [-0.25, -0.2) is 15.0 Å². The van der Waals surface area contributed by atoms with Gasteiger partial charge in [0, 0.05) is 43.9 Å². The van der Waals surface area contributed by atoms with Crippen LogP contribution in [0.15, 0.2) is 174 Å². The highest BCUT2D eigenvalue weighted by Gasteiger charge is 2.19. The molecule has 0 aliphatic carbocycles. The Bertz CT molecular complexity index is 2870. The summed E-state index contributed by atoms with van der Waals surface area (Å²) in [6, 6.07) is 58.6. The first-order valence-electron chi connectivity index (χ1n) is 16.7. The monoisotopic (exact) mass is 640 g/mol. The highest BCUT2D eigenvalue weighted by Crippen LogP contribution is 2.38. The summed E-state index contributed by atoms with van der Waals surface area (Å²) in [6.07, 6.45) is 0. The zero-order chi connectivity index (χ0) is 33.0. The lowest BCUT2D eigenvalue weighted by Crippen LogP contribution is -2.01. The Morgan fingerprint density at radius 2 is 1.00 bits per heavy atom. The average Bonchev–Trinajstić information content (AvgIpc) is 3.74. The van der Waals surface area contributed by atoms with Gasteiger partial charge in [-0.05, 0) is 47.5 Å². The first kappa shape index (κ1) is 28.2. The summed E-state index contributed by atoms with van der Waals surface area (Å²) in [4.78, 5) is 15.3. The normalized spacial score (nSPS) is 11.6. The van der Waals surface area contributed by atoms with Crippen molar-refractivity contribution in [3.05, 3.63) is 170 Å². The van der Waals surface area contributed by atoms with Gasteiger partial charge < -0.3 is 8.98 Å². The first-order chi connectivity index (χ1) is 24.8. The van der Waals surface area contributed by atoms with Crippen molar-refractivity contribution in [3.63, 3.8) is 0 Å². The Hall–Kier alpha value is -6.85. The van der Waals surface area contributed by atoms with Gasteiger partial charge in [-0.2, -0.15) is 0 Å². The van der Waals surface area contributed by atoms with Crippen LogP contribution >= 0.6 is 0 Å². The van der Waals surface area contributed by atoms with Crippen molar-refractivity contribution in [2.45, 2.75) is 0 Å². The fourth-order valence-corrected chi connectivity index (χ4v) is 7.15. The number of para-hydroxylation sites is 2. The van der Waals surface area contributed by atoms with E-state index in [0.29, 0.717) is 17.5 Å². The molecule has 3 aromatic heterocycles. The van der Waals surface area contributed by atoms with Gasteiger partial charge in [-0.1, -0.05) is 133 Å². The number of nitrogens with zero attached hydrogens (tertiary/aromatic N) is 4. The maximum Gasteiger partial charge on any atom is 0.164 e. The van der Waals surface area contributed by atoms with Crippen molar-refractivity contribution in [1.29, 1.82) is 0 Å². The minimum atomic E-state index is 0.598. The van der Waals surface area contributed by atoms with Crippen LogP contribution in [-0.4, -0.2) is 19.5 Å². The molecule has 5 heteroatoms. The molecule has 0 aliphatic heterocycles. The van der Waals surface area contributed by atoms with Gasteiger partial charge >= 0.3 is 0 Å². The number of benzene rings is 7. The highest BCUT2D eigenvalue weighted by molar-refractivity contribution is 6.12. The van der Waals surface area contributed by atoms with Crippen LogP contribution in [0.3, 0.4) is 0 Å². The van der Waals surface area contributed by atoms with Gasteiger partial charge in [-0.3, -0.25) is 0 Å². The molecule has 0 amide bonds. The molecule has 0 unspecified atom stereocenters. The number of aromatic nitrogens is 4. The third kappa shape index (κ3) is 4.60. The maximum absolute atomic E-state index is 6.23. The molecule has 10 aromatic rings. The average molecular weight is 641 g/mol. The second kappa shape index (κ2) is 11.4. The van der Waals surface area contributed by atoms with E-state index in [4.69, 9.17) is 19.4 Å². The molecule has 0 radical (unpaired) electrons. The third-order valence-corrected chi connectivity index (χ3v) is 9.45. The molecule has 5 nitrogen and oxygen atoms in total. The number of furan rings is 1. The summed E-state index contributed by atoms with van der Waals surface area (Å²) >= 11 is 0. The van der Waals surface area contributed by atoms with Crippen molar-refractivity contribution < 1.29 is 4.42 Å². The van der Waals surface area contributed by atoms with Crippen molar-refractivity contribution in [1.82, 2.24) is 19.5 Å². The van der Waals surface area contributed by atoms with Gasteiger partial charge in [-0.15, -0.1) is 0 Å². The molecule has 10 rings (SSSR count). The van der Waals surface area contributed by atoms with Gasteiger partial charge in [0.1, 0.15) is 11.2 Å². The number of hydrogen-bond donors (Lipinski definition) is 0. The van der Waals surface area contributed by atoms with E-state index in [1.807, 2.05) is 60.7 Å². The van der Waals surface area contributed by atoms with Crippen LogP contribution in [0.1, 0.15) is 0 Å². The number of fused-ring (bicyclic) bond motifs is 6. The summed E-state index contributed by atoms with van der Waals surface area (Å²) < 4.78 is 8.58. The van der Waals surface area contributed by atoms with E-state index in [0.717, 1.165) is 55.3 Å². The topological polar surface area (TPSA) is 56.7 Å². The summed E-state index contributed by atoms with van der Waals surface area (Å²) in [7, 11) is 0. The Balaban J connectivity index is 1.19. The van der Waals surface area contributed by atoms with E-state index >= 15 is 0 Å². The zero-order valence-electron chi connectivity index (χ0n) is 26.9. The van der Waals surface area contributed by atoms with E-state index in [1.54, 1.807) is 0 Å². The fourth-order valence-electron chi connectivity index (χ4n) is 7.15. The van der Waals surface area contributed by atoms with Gasteiger partial charge in [0.2, 0.25) is 0 Å². The molecule has 0 aliphatic rings. The lowest BCUT2D eigenvalue weighted by atomic mass is 10.0. The van der Waals surface area contributed by atoms with Gasteiger partial charge in [0.15, 0.2) is 17.5 Å². The molecule has 0 spiro atoms. The molecular formula is C45H28N4O. The molecule has 50 heavy (non-hydrogen) atoms. The molecule has 0 saturated heterocycles. The summed E-state index contributed by atoms with van der Waals surface area (Å²) in [6.45, 7) is 0. The molecule has 0 fully saturated rings. The SMILES string of the molecule is c1ccc(-c2ccc3c4ccccc4n(-c4cccc(-c5nc(-c6ccccc6)nc(-c6cccc7oc8ccccc8c67)n5)c4)c3c2)cc1. The van der Waals surface area contributed by atoms with Crippen LogP contribution < -0.4 is 0 Å². The van der Waals surface area contributed by atoms with E-state index in [1.165, 1.54) is 21.9 Å². The van der Waals surface area contributed by atoms with Crippen LogP contribution in [0.25, 0.3) is 94.7 Å². The Morgan fingerprint density at radius 3 is 1.84 bits per heavy atom. The lowest BCUT2D eigenvalue weighted by molar-refractivity contribution is 0.669. The predicted octanol–water partition coefficient (Wildman–Crippen LogP) is 11.5. The van der Waals surface area contributed by atoms with Crippen molar-refractivity contribution >= 4 is 43.7 Å². The molecule has 0 N–H and O–H groups in total. The number of rotatable bonds is 5. The van der Waals surface area contributed by atoms with Crippen LogP contribution in [0.5, 0.6) is 0 Å². The maximum atomic E-state index is 6.23. The summed E-state index contributed by atoms with van der Waals surface area (Å²) in [5.41, 5.74) is 10.0. The van der Waals surface area contributed by atoms with E-state index in [2.05, 4.69) is 114 Å². The summed E-state index contributed by atoms with van der Waals surface area (Å²) in [5.74, 6) is 1.82. The van der Waals surface area contributed by atoms with Crippen LogP contribution in [-0.2, 0) is 0 Å². The smallest absolute Gasteiger partial charge is 0.164 e. The van der Waals surface area contributed by atoms with Gasteiger partial charge in [0.25, 0.3) is 0 Å². The van der Waals surface area contributed by atoms with Crippen molar-refractivity contribution in [2.24, 2.45) is 0 Å². The molecule has 3 heterocycles. The third-order valence-electron chi connectivity index (χ3n) is 9.45. The standard InChI is InChI=1S/C45H28N4O/c1-3-13-29(14-4-1)31-25-26-35-34-19-7-9-22-38(34)49(39(35)28-31)33-18-11-17-32(27-33)44-46-43(30-15-5-2-6-16-30)47-45(48-44)37-21-12-24-41-42(37)36-20-8-10-23-40(36)50-41/h1-28H. The Labute approximate surface area is 287 Å². The van der Waals surface area contributed by atoms with Crippen LogP contribution in [0, 0.1) is 0 Å². The largest absolute Gasteiger partial charge is 0.456 e. The molecule has 234 valence electrons. The zero-order valence-corrected chi connectivity index (χ0v) is 26.9. The van der Waals surface area contributed by atoms with Crippen molar-refractivity contribution in [3.8, 4) is 51.0 Å². The number of hydrogen-bond acceptors (Lipinski definition) is 4. The molecule has 7 aromatic carbocycles. The molecule has 0 atom stereocenters. The van der Waals surface area contributed by atoms with Gasteiger partial charge in [0.05, 0.1) is 11.0 Å². The predicted molar refractivity (Wildman–Crippen MR) is 203 cm³/mol. The van der Waals surface area contributed by atoms with E-state index < -0.39 is 0 Å². The Kier molecular flexibility index (Phi) is 6.42. The highest BCUT2D eigenvalue weighted by atomic mass is 16.3. The Morgan fingerprint density at radius 1 is 0.380 bits per heavy atom. The second-order valence-electron chi connectivity index (χ2n) is 12.5. The quantitative estimate of drug-likeness (QED) is 0.188. The lowest BCUT2D eigenvalue weighted by Gasteiger charge is -2.12. The molecule has 0 bridgehead atoms. The minimum absolute atomic E-state index is 0.598. The first-order valence-corrected chi connectivity index (χ1v) is 16.7. The van der Waals surface area contributed by atoms with E-state index in [9.17, 15) is 0 Å². The van der Waals surface area contributed by atoms with Crippen LogP contribution in [0.2, 0.25) is 0 Å². The molecule has 0 saturated carbocycles.